The molecule has 1 N–H and O–H groups in total. The maximum Gasteiger partial charge on any atom is 0.306 e. The van der Waals surface area contributed by atoms with Gasteiger partial charge in [-0.3, -0.25) is 4.79 Å². The molecule has 0 aliphatic heterocycles. The lowest BCUT2D eigenvalue weighted by Gasteiger charge is -2.18. The van der Waals surface area contributed by atoms with Crippen molar-refractivity contribution in [2.24, 2.45) is 0 Å². The number of fused-ring (bicyclic) bond motifs is 1. The molecular weight excluding hydrogens is 467 g/mol. The minimum Gasteiger partial charge on any atom is -0.491 e. The van der Waals surface area contributed by atoms with Crippen LogP contribution in [0.15, 0.2) is 66.7 Å². The van der Waals surface area contributed by atoms with Crippen LogP contribution in [0.25, 0.3) is 10.9 Å². The van der Waals surface area contributed by atoms with E-state index in [0.29, 0.717) is 37.4 Å². The summed E-state index contributed by atoms with van der Waals surface area (Å²) in [4.78, 5) is 11.6. The highest BCUT2D eigenvalue weighted by Gasteiger charge is 2.12. The Balaban J connectivity index is 1.47. The zero-order valence-corrected chi connectivity index (χ0v) is 22.0. The third kappa shape index (κ3) is 6.70. The van der Waals surface area contributed by atoms with Gasteiger partial charge in [-0.15, -0.1) is 0 Å². The summed E-state index contributed by atoms with van der Waals surface area (Å²) in [5.41, 5.74) is 5.74. The molecule has 0 bridgehead atoms. The average Bonchev–Trinajstić information content (AvgIpc) is 3.18. The van der Waals surface area contributed by atoms with Crippen molar-refractivity contribution in [3.63, 3.8) is 0 Å². The van der Waals surface area contributed by atoms with E-state index < -0.39 is 0 Å². The van der Waals surface area contributed by atoms with Gasteiger partial charge in [0.1, 0.15) is 11.6 Å². The third-order valence-electron chi connectivity index (χ3n) is 6.29. The SMILES string of the molecule is CCOC(=O)CCc1ccc(NCc2ccc(Cn3c(C)cc4ccccc43)c(OC(C)C)c2)cc1F. The van der Waals surface area contributed by atoms with Gasteiger partial charge in [0.2, 0.25) is 0 Å². The Morgan fingerprint density at radius 3 is 2.57 bits per heavy atom. The second-order valence-electron chi connectivity index (χ2n) is 9.50. The number of aryl methyl sites for hydroxylation is 2. The quantitative estimate of drug-likeness (QED) is 0.224. The molecule has 5 nitrogen and oxygen atoms in total. The van der Waals surface area contributed by atoms with Crippen LogP contribution in [0.5, 0.6) is 5.75 Å². The molecule has 0 saturated carbocycles. The summed E-state index contributed by atoms with van der Waals surface area (Å²) in [6.07, 6.45) is 0.528. The Hall–Kier alpha value is -3.80. The fourth-order valence-corrected chi connectivity index (χ4v) is 4.47. The molecule has 0 spiro atoms. The monoisotopic (exact) mass is 502 g/mol. The molecule has 0 aliphatic carbocycles. The summed E-state index contributed by atoms with van der Waals surface area (Å²) in [6.45, 7) is 9.51. The first-order valence-corrected chi connectivity index (χ1v) is 12.8. The number of para-hydroxylation sites is 1. The lowest BCUT2D eigenvalue weighted by molar-refractivity contribution is -0.143. The molecular formula is C31H35FN2O3. The number of benzene rings is 3. The Bertz CT molecular complexity index is 1380. The average molecular weight is 503 g/mol. The van der Waals surface area contributed by atoms with Crippen LogP contribution in [0.2, 0.25) is 0 Å². The van der Waals surface area contributed by atoms with E-state index in [1.165, 1.54) is 22.7 Å². The van der Waals surface area contributed by atoms with Gasteiger partial charge in [0.05, 0.1) is 19.3 Å². The fourth-order valence-electron chi connectivity index (χ4n) is 4.47. The maximum absolute atomic E-state index is 14.6. The first-order chi connectivity index (χ1) is 17.8. The van der Waals surface area contributed by atoms with Crippen LogP contribution in [-0.4, -0.2) is 23.2 Å². The van der Waals surface area contributed by atoms with Crippen LogP contribution >= 0.6 is 0 Å². The van der Waals surface area contributed by atoms with Crippen LogP contribution in [0.1, 0.15) is 49.6 Å². The molecule has 0 aliphatic rings. The number of halogens is 1. The molecule has 0 saturated heterocycles. The summed E-state index contributed by atoms with van der Waals surface area (Å²) in [5.74, 6) is 0.210. The van der Waals surface area contributed by atoms with Gasteiger partial charge in [-0.25, -0.2) is 4.39 Å². The molecule has 194 valence electrons. The van der Waals surface area contributed by atoms with Gasteiger partial charge in [0.25, 0.3) is 0 Å². The minimum atomic E-state index is -0.331. The highest BCUT2D eigenvalue weighted by molar-refractivity contribution is 5.81. The van der Waals surface area contributed by atoms with Gasteiger partial charge in [0, 0.05) is 35.4 Å². The van der Waals surface area contributed by atoms with Crippen LogP contribution in [-0.2, 0) is 29.0 Å². The van der Waals surface area contributed by atoms with Crippen molar-refractivity contribution in [1.82, 2.24) is 4.57 Å². The Morgan fingerprint density at radius 2 is 1.81 bits per heavy atom. The molecule has 0 amide bonds. The molecule has 37 heavy (non-hydrogen) atoms. The molecule has 1 heterocycles. The Morgan fingerprint density at radius 1 is 1.03 bits per heavy atom. The number of carbonyl (C=O) groups is 1. The molecule has 4 aromatic rings. The van der Waals surface area contributed by atoms with E-state index in [1.807, 2.05) is 19.9 Å². The van der Waals surface area contributed by atoms with Crippen molar-refractivity contribution in [2.75, 3.05) is 11.9 Å². The number of hydrogen-bond donors (Lipinski definition) is 1. The molecule has 6 heteroatoms. The van der Waals surface area contributed by atoms with Gasteiger partial charge < -0.3 is 19.4 Å². The standard InChI is InChI=1S/C31H35FN2O3/c1-5-36-31(35)15-13-24-12-14-27(18-28(24)32)33-19-23-10-11-26(30(17-23)37-21(2)3)20-34-22(4)16-25-8-6-7-9-29(25)34/h6-12,14,16-18,21,33H,5,13,15,19-20H2,1-4H3. The first-order valence-electron chi connectivity index (χ1n) is 12.8. The predicted molar refractivity (Wildman–Crippen MR) is 147 cm³/mol. The van der Waals surface area contributed by atoms with Crippen LogP contribution < -0.4 is 10.1 Å². The van der Waals surface area contributed by atoms with Crippen LogP contribution in [0.4, 0.5) is 10.1 Å². The summed E-state index contributed by atoms with van der Waals surface area (Å²) in [5, 5.41) is 4.53. The lowest BCUT2D eigenvalue weighted by Crippen LogP contribution is -2.11. The topological polar surface area (TPSA) is 52.5 Å². The number of hydrogen-bond acceptors (Lipinski definition) is 4. The molecule has 3 aromatic carbocycles. The summed E-state index contributed by atoms with van der Waals surface area (Å²) in [6, 6.07) is 21.9. The van der Waals surface area contributed by atoms with E-state index in [2.05, 4.69) is 65.3 Å². The van der Waals surface area contributed by atoms with Crippen molar-refractivity contribution in [3.8, 4) is 5.75 Å². The van der Waals surface area contributed by atoms with Crippen molar-refractivity contribution in [2.45, 2.75) is 59.7 Å². The number of anilines is 1. The number of carbonyl (C=O) groups excluding carboxylic acids is 1. The Kier molecular flexibility index (Phi) is 8.49. The van der Waals surface area contributed by atoms with Crippen molar-refractivity contribution in [1.29, 1.82) is 0 Å². The van der Waals surface area contributed by atoms with Crippen molar-refractivity contribution < 1.29 is 18.7 Å². The molecule has 0 radical (unpaired) electrons. The predicted octanol–water partition coefficient (Wildman–Crippen LogP) is 7.03. The van der Waals surface area contributed by atoms with E-state index in [9.17, 15) is 9.18 Å². The van der Waals surface area contributed by atoms with E-state index in [4.69, 9.17) is 9.47 Å². The van der Waals surface area contributed by atoms with Gasteiger partial charge in [-0.2, -0.15) is 0 Å². The zero-order valence-electron chi connectivity index (χ0n) is 22.0. The lowest BCUT2D eigenvalue weighted by atomic mass is 10.1. The largest absolute Gasteiger partial charge is 0.491 e. The number of esters is 1. The van der Waals surface area contributed by atoms with E-state index >= 15 is 0 Å². The van der Waals surface area contributed by atoms with Gasteiger partial charge in [-0.1, -0.05) is 36.4 Å². The summed E-state index contributed by atoms with van der Waals surface area (Å²) in [7, 11) is 0. The van der Waals surface area contributed by atoms with Crippen LogP contribution in [0.3, 0.4) is 0 Å². The van der Waals surface area contributed by atoms with Gasteiger partial charge in [0.15, 0.2) is 0 Å². The van der Waals surface area contributed by atoms with Gasteiger partial charge in [-0.05, 0) is 81.0 Å². The molecule has 0 fully saturated rings. The molecule has 0 unspecified atom stereocenters. The van der Waals surface area contributed by atoms with E-state index in [0.717, 1.165) is 16.9 Å². The number of aromatic nitrogens is 1. The normalized spacial score (nSPS) is 11.2. The van der Waals surface area contributed by atoms with Crippen molar-refractivity contribution in [3.05, 3.63) is 94.9 Å². The van der Waals surface area contributed by atoms with E-state index in [-0.39, 0.29) is 24.3 Å². The number of nitrogens with zero attached hydrogens (tertiary/aromatic N) is 1. The molecule has 1 aromatic heterocycles. The molecule has 4 rings (SSSR count). The van der Waals surface area contributed by atoms with Crippen molar-refractivity contribution >= 4 is 22.6 Å². The summed E-state index contributed by atoms with van der Waals surface area (Å²) < 4.78 is 28.0. The number of rotatable bonds is 11. The smallest absolute Gasteiger partial charge is 0.306 e. The minimum absolute atomic E-state index is 0.0423. The first kappa shape index (κ1) is 26.3. The fraction of sp³-hybridized carbons (Fsp3) is 0.323. The van der Waals surface area contributed by atoms with E-state index in [1.54, 1.807) is 13.0 Å². The summed E-state index contributed by atoms with van der Waals surface area (Å²) >= 11 is 0. The highest BCUT2D eigenvalue weighted by Crippen LogP contribution is 2.27. The third-order valence-corrected chi connectivity index (χ3v) is 6.29. The second-order valence-corrected chi connectivity index (χ2v) is 9.50. The highest BCUT2D eigenvalue weighted by atomic mass is 19.1. The number of ether oxygens (including phenoxy) is 2. The van der Waals surface area contributed by atoms with Gasteiger partial charge >= 0.3 is 5.97 Å². The number of nitrogens with one attached hydrogen (secondary N) is 1. The maximum atomic E-state index is 14.6. The zero-order chi connectivity index (χ0) is 26.4. The molecule has 0 atom stereocenters. The Labute approximate surface area is 218 Å². The second kappa shape index (κ2) is 12.0. The van der Waals surface area contributed by atoms with Crippen LogP contribution in [0, 0.1) is 12.7 Å².